The SMILES string of the molecule is C1=C(N(c2ccc(-c3ccccc3)cc2)c2cccc3sc4ccccc4c23)c2sc3cc4ccccc4cc3c2CN1. The zero-order valence-electron chi connectivity index (χ0n) is 23.2. The van der Waals surface area contributed by atoms with Crippen LogP contribution in [0, 0.1) is 0 Å². The molecule has 2 aromatic heterocycles. The first-order valence-electron chi connectivity index (χ1n) is 14.6. The van der Waals surface area contributed by atoms with Crippen molar-refractivity contribution in [2.75, 3.05) is 4.90 Å². The first-order chi connectivity index (χ1) is 21.3. The topological polar surface area (TPSA) is 15.3 Å². The van der Waals surface area contributed by atoms with E-state index in [1.54, 1.807) is 0 Å². The Morgan fingerprint density at radius 1 is 0.558 bits per heavy atom. The molecule has 8 aromatic rings. The van der Waals surface area contributed by atoms with E-state index in [0.717, 1.165) is 12.2 Å². The number of rotatable bonds is 4. The van der Waals surface area contributed by atoms with E-state index in [2.05, 4.69) is 150 Å². The highest BCUT2D eigenvalue weighted by atomic mass is 32.1. The summed E-state index contributed by atoms with van der Waals surface area (Å²) < 4.78 is 3.95. The summed E-state index contributed by atoms with van der Waals surface area (Å²) in [7, 11) is 0. The van der Waals surface area contributed by atoms with Crippen molar-refractivity contribution in [3.05, 3.63) is 150 Å². The number of hydrogen-bond donors (Lipinski definition) is 1. The third kappa shape index (κ3) is 3.98. The molecule has 0 aliphatic carbocycles. The zero-order valence-corrected chi connectivity index (χ0v) is 24.9. The van der Waals surface area contributed by atoms with Gasteiger partial charge in [0.1, 0.15) is 0 Å². The largest absolute Gasteiger partial charge is 0.385 e. The summed E-state index contributed by atoms with van der Waals surface area (Å²) >= 11 is 3.77. The van der Waals surface area contributed by atoms with Crippen LogP contribution in [-0.2, 0) is 6.54 Å². The average Bonchev–Trinajstić information content (AvgIpc) is 3.63. The molecule has 2 nitrogen and oxygen atoms in total. The number of fused-ring (bicyclic) bond motifs is 7. The second kappa shape index (κ2) is 9.84. The lowest BCUT2D eigenvalue weighted by Gasteiger charge is -2.31. The maximum Gasteiger partial charge on any atom is 0.0795 e. The van der Waals surface area contributed by atoms with E-state index in [1.165, 1.54) is 74.0 Å². The van der Waals surface area contributed by atoms with Crippen molar-refractivity contribution in [1.82, 2.24) is 5.32 Å². The lowest BCUT2D eigenvalue weighted by Crippen LogP contribution is -2.22. The number of hydrogen-bond acceptors (Lipinski definition) is 4. The van der Waals surface area contributed by atoms with Crippen LogP contribution < -0.4 is 10.2 Å². The molecule has 43 heavy (non-hydrogen) atoms. The Bertz CT molecular complexity index is 2340. The molecule has 6 aromatic carbocycles. The molecule has 3 heterocycles. The van der Waals surface area contributed by atoms with Crippen molar-refractivity contribution in [3.63, 3.8) is 0 Å². The van der Waals surface area contributed by atoms with E-state index < -0.39 is 0 Å². The van der Waals surface area contributed by atoms with E-state index in [0.29, 0.717) is 0 Å². The van der Waals surface area contributed by atoms with E-state index in [-0.39, 0.29) is 0 Å². The van der Waals surface area contributed by atoms with E-state index in [9.17, 15) is 0 Å². The van der Waals surface area contributed by atoms with Gasteiger partial charge in [-0.05, 0) is 75.3 Å². The molecule has 4 heteroatoms. The summed E-state index contributed by atoms with van der Waals surface area (Å²) in [6, 6.07) is 48.6. The summed E-state index contributed by atoms with van der Waals surface area (Å²) in [5.41, 5.74) is 7.34. The average molecular weight is 587 g/mol. The molecule has 9 rings (SSSR count). The molecule has 0 bridgehead atoms. The summed E-state index contributed by atoms with van der Waals surface area (Å²) in [4.78, 5) is 3.80. The standard InChI is InChI=1S/C39H26N2S2/c1-2-9-25(10-3-1)26-17-19-29(20-18-26)41(33-14-8-16-36-38(33)30-13-6-7-15-35(30)42-36)34-24-40-23-32-31-21-27-11-4-5-12-28(27)22-37(31)43-39(32)34/h1-22,24,40H,23H2. The molecular formula is C39H26N2S2. The fourth-order valence-corrected chi connectivity index (χ4v) is 8.87. The summed E-state index contributed by atoms with van der Waals surface area (Å²) in [6.45, 7) is 0.823. The van der Waals surface area contributed by atoms with Crippen molar-refractivity contribution in [1.29, 1.82) is 0 Å². The number of anilines is 2. The Kier molecular flexibility index (Phi) is 5.65. The highest BCUT2D eigenvalue weighted by Gasteiger charge is 2.27. The zero-order chi connectivity index (χ0) is 28.3. The van der Waals surface area contributed by atoms with E-state index in [1.807, 2.05) is 22.7 Å². The van der Waals surface area contributed by atoms with Crippen LogP contribution in [-0.4, -0.2) is 0 Å². The monoisotopic (exact) mass is 586 g/mol. The highest BCUT2D eigenvalue weighted by molar-refractivity contribution is 7.26. The van der Waals surface area contributed by atoms with Gasteiger partial charge < -0.3 is 10.2 Å². The van der Waals surface area contributed by atoms with Crippen LogP contribution in [0.25, 0.3) is 57.9 Å². The van der Waals surface area contributed by atoms with Gasteiger partial charge in [0, 0.05) is 43.3 Å². The number of thiophene rings is 2. The smallest absolute Gasteiger partial charge is 0.0795 e. The van der Waals surface area contributed by atoms with Gasteiger partial charge >= 0.3 is 0 Å². The van der Waals surface area contributed by atoms with Gasteiger partial charge in [-0.1, -0.05) is 91.0 Å². The maximum atomic E-state index is 3.66. The molecule has 0 fully saturated rings. The van der Waals surface area contributed by atoms with Crippen molar-refractivity contribution in [3.8, 4) is 11.1 Å². The Balaban J connectivity index is 1.28. The Morgan fingerprint density at radius 3 is 2.14 bits per heavy atom. The Hall–Kier alpha value is -4.90. The van der Waals surface area contributed by atoms with E-state index in [4.69, 9.17) is 0 Å². The predicted molar refractivity (Wildman–Crippen MR) is 187 cm³/mol. The van der Waals surface area contributed by atoms with Crippen LogP contribution in [0.3, 0.4) is 0 Å². The van der Waals surface area contributed by atoms with Gasteiger partial charge in [-0.2, -0.15) is 0 Å². The molecular weight excluding hydrogens is 561 g/mol. The van der Waals surface area contributed by atoms with Gasteiger partial charge in [0.15, 0.2) is 0 Å². The summed E-state index contributed by atoms with van der Waals surface area (Å²) in [5, 5.41) is 10.2. The second-order valence-corrected chi connectivity index (χ2v) is 13.1. The highest BCUT2D eigenvalue weighted by Crippen LogP contribution is 2.48. The molecule has 1 aliphatic heterocycles. The minimum absolute atomic E-state index is 0.823. The van der Waals surface area contributed by atoms with E-state index >= 15 is 0 Å². The maximum absolute atomic E-state index is 3.66. The fourth-order valence-electron chi connectivity index (χ4n) is 6.48. The summed E-state index contributed by atoms with van der Waals surface area (Å²) in [6.07, 6.45) is 2.22. The lowest BCUT2D eigenvalue weighted by atomic mass is 10.0. The molecule has 204 valence electrons. The van der Waals surface area contributed by atoms with Crippen LogP contribution in [0.1, 0.15) is 10.4 Å². The summed E-state index contributed by atoms with van der Waals surface area (Å²) in [5.74, 6) is 0. The van der Waals surface area contributed by atoms with Crippen molar-refractivity contribution in [2.45, 2.75) is 6.54 Å². The van der Waals surface area contributed by atoms with Crippen LogP contribution in [0.4, 0.5) is 11.4 Å². The van der Waals surface area contributed by atoms with Crippen LogP contribution in [0.15, 0.2) is 140 Å². The van der Waals surface area contributed by atoms with Crippen molar-refractivity contribution < 1.29 is 0 Å². The van der Waals surface area contributed by atoms with Gasteiger partial charge in [0.25, 0.3) is 0 Å². The van der Waals surface area contributed by atoms with Gasteiger partial charge in [-0.25, -0.2) is 0 Å². The molecule has 0 atom stereocenters. The minimum atomic E-state index is 0.823. The fraction of sp³-hybridized carbons (Fsp3) is 0.0256. The second-order valence-electron chi connectivity index (χ2n) is 11.0. The van der Waals surface area contributed by atoms with Crippen molar-refractivity contribution in [2.24, 2.45) is 0 Å². The van der Waals surface area contributed by atoms with Crippen LogP contribution >= 0.6 is 22.7 Å². The number of nitrogens with zero attached hydrogens (tertiary/aromatic N) is 1. The molecule has 0 unspecified atom stereocenters. The lowest BCUT2D eigenvalue weighted by molar-refractivity contribution is 0.861. The Morgan fingerprint density at radius 2 is 1.28 bits per heavy atom. The third-order valence-electron chi connectivity index (χ3n) is 8.50. The quantitative estimate of drug-likeness (QED) is 0.221. The van der Waals surface area contributed by atoms with Crippen LogP contribution in [0.2, 0.25) is 0 Å². The predicted octanol–water partition coefficient (Wildman–Crippen LogP) is 11.3. The van der Waals surface area contributed by atoms with Gasteiger partial charge in [0.2, 0.25) is 0 Å². The van der Waals surface area contributed by atoms with Crippen LogP contribution in [0.5, 0.6) is 0 Å². The molecule has 0 spiro atoms. The molecule has 0 saturated carbocycles. The molecule has 0 amide bonds. The van der Waals surface area contributed by atoms with Crippen molar-refractivity contribution >= 4 is 80.8 Å². The minimum Gasteiger partial charge on any atom is -0.385 e. The number of benzene rings is 6. The van der Waals surface area contributed by atoms with Gasteiger partial charge in [-0.15, -0.1) is 22.7 Å². The first-order valence-corrected chi connectivity index (χ1v) is 16.2. The normalized spacial score (nSPS) is 12.9. The van der Waals surface area contributed by atoms with Gasteiger partial charge in [-0.3, -0.25) is 0 Å². The first kappa shape index (κ1) is 24.7. The molecule has 1 N–H and O–H groups in total. The molecule has 1 aliphatic rings. The van der Waals surface area contributed by atoms with Gasteiger partial charge in [0.05, 0.1) is 16.3 Å². The number of nitrogens with one attached hydrogen (secondary N) is 1. The molecule has 0 radical (unpaired) electrons. The molecule has 0 saturated heterocycles. The third-order valence-corrected chi connectivity index (χ3v) is 10.9. The Labute approximate surface area is 257 Å².